The fourth-order valence-electron chi connectivity index (χ4n) is 7.87. The minimum absolute atomic E-state index is 0.799. The lowest BCUT2D eigenvalue weighted by Crippen LogP contribution is -2.00. The van der Waals surface area contributed by atoms with E-state index in [2.05, 4.69) is 111 Å². The minimum Gasteiger partial charge on any atom is -0.399 e. The maximum Gasteiger partial charge on any atom is 0.0314 e. The van der Waals surface area contributed by atoms with E-state index in [0.29, 0.717) is 0 Å². The summed E-state index contributed by atoms with van der Waals surface area (Å²) >= 11 is 0. The van der Waals surface area contributed by atoms with Gasteiger partial charge in [-0.1, -0.05) is 151 Å². The molecule has 258 valence electrons. The largest absolute Gasteiger partial charge is 0.399 e. The number of aryl methyl sites for hydroxylation is 2. The molecule has 0 fully saturated rings. The van der Waals surface area contributed by atoms with Crippen molar-refractivity contribution >= 4 is 32.9 Å². The average Bonchev–Trinajstić information content (AvgIpc) is 3.14. The quantitative estimate of drug-likeness (QED) is 0.0755. The van der Waals surface area contributed by atoms with Gasteiger partial charge in [-0.05, 0) is 128 Å². The van der Waals surface area contributed by atoms with Crippen molar-refractivity contribution in [2.75, 3.05) is 11.5 Å². The van der Waals surface area contributed by atoms with Gasteiger partial charge in [0.25, 0.3) is 0 Å². The second-order valence-corrected chi connectivity index (χ2v) is 14.3. The number of unbranched alkanes of at least 4 members (excludes halogenated alkanes) is 10. The van der Waals surface area contributed by atoms with E-state index in [4.69, 9.17) is 11.5 Å². The molecule has 0 saturated carbocycles. The van der Waals surface area contributed by atoms with Crippen LogP contribution in [0.15, 0.2) is 109 Å². The molecule has 6 rings (SSSR count). The highest BCUT2D eigenvalue weighted by molar-refractivity contribution is 6.13. The Bertz CT molecular complexity index is 1990. The van der Waals surface area contributed by atoms with Crippen molar-refractivity contribution in [1.29, 1.82) is 0 Å². The van der Waals surface area contributed by atoms with Crippen LogP contribution in [0.5, 0.6) is 0 Å². The molecule has 0 aromatic heterocycles. The lowest BCUT2D eigenvalue weighted by atomic mass is 9.81. The number of anilines is 2. The van der Waals surface area contributed by atoms with Gasteiger partial charge in [-0.15, -0.1) is 0 Å². The van der Waals surface area contributed by atoms with Gasteiger partial charge in [0.2, 0.25) is 0 Å². The Morgan fingerprint density at radius 3 is 1.32 bits per heavy atom. The number of nitrogen functional groups attached to an aromatic ring is 2. The monoisotopic (exact) mass is 660 g/mol. The molecule has 4 N–H and O–H groups in total. The van der Waals surface area contributed by atoms with E-state index < -0.39 is 0 Å². The molecule has 0 atom stereocenters. The maximum atomic E-state index is 6.19. The molecule has 50 heavy (non-hydrogen) atoms. The molecule has 6 aromatic rings. The van der Waals surface area contributed by atoms with Crippen LogP contribution in [0.2, 0.25) is 0 Å². The van der Waals surface area contributed by atoms with E-state index in [9.17, 15) is 0 Å². The van der Waals surface area contributed by atoms with Crippen LogP contribution in [-0.4, -0.2) is 0 Å². The van der Waals surface area contributed by atoms with Crippen LogP contribution in [0.4, 0.5) is 11.4 Å². The lowest BCUT2D eigenvalue weighted by molar-refractivity contribution is 0.607. The van der Waals surface area contributed by atoms with Gasteiger partial charge in [-0.25, -0.2) is 0 Å². The fourth-order valence-corrected chi connectivity index (χ4v) is 7.87. The predicted octanol–water partition coefficient (Wildman–Crippen LogP) is 14.0. The van der Waals surface area contributed by atoms with Crippen molar-refractivity contribution in [3.63, 3.8) is 0 Å². The second-order valence-electron chi connectivity index (χ2n) is 14.3. The molecular weight excluding hydrogens is 605 g/mol. The van der Waals surface area contributed by atoms with Gasteiger partial charge in [-0.3, -0.25) is 0 Å². The molecule has 0 heterocycles. The van der Waals surface area contributed by atoms with Crippen LogP contribution >= 0.6 is 0 Å². The van der Waals surface area contributed by atoms with Crippen LogP contribution in [0.3, 0.4) is 0 Å². The summed E-state index contributed by atoms with van der Waals surface area (Å²) < 4.78 is 0. The number of benzene rings is 6. The predicted molar refractivity (Wildman–Crippen MR) is 221 cm³/mol. The van der Waals surface area contributed by atoms with Gasteiger partial charge in [-0.2, -0.15) is 0 Å². The number of rotatable bonds is 17. The summed E-state index contributed by atoms with van der Waals surface area (Å²) in [5.74, 6) is 0. The molecule has 0 aliphatic rings. The second kappa shape index (κ2) is 17.4. The third kappa shape index (κ3) is 8.24. The minimum atomic E-state index is 0.799. The fraction of sp³-hybridized carbons (Fsp3) is 0.333. The van der Waals surface area contributed by atoms with Gasteiger partial charge in [0.05, 0.1) is 0 Å². The molecule has 0 spiro atoms. The average molecular weight is 661 g/mol. The van der Waals surface area contributed by atoms with Crippen molar-refractivity contribution in [1.82, 2.24) is 0 Å². The summed E-state index contributed by atoms with van der Waals surface area (Å²) in [4.78, 5) is 0. The Balaban J connectivity index is 1.55. The van der Waals surface area contributed by atoms with Crippen molar-refractivity contribution in [2.24, 2.45) is 0 Å². The number of hydrogen-bond donors (Lipinski definition) is 2. The maximum absolute atomic E-state index is 6.19. The highest BCUT2D eigenvalue weighted by Crippen LogP contribution is 2.45. The van der Waals surface area contributed by atoms with E-state index in [1.165, 1.54) is 143 Å². The smallest absolute Gasteiger partial charge is 0.0314 e. The van der Waals surface area contributed by atoms with Crippen LogP contribution in [0.1, 0.15) is 102 Å². The molecule has 0 unspecified atom stereocenters. The summed E-state index contributed by atoms with van der Waals surface area (Å²) in [6.07, 6.45) is 17.6. The molecule has 0 amide bonds. The first-order chi connectivity index (χ1) is 24.6. The first-order valence-corrected chi connectivity index (χ1v) is 19.4. The van der Waals surface area contributed by atoms with Crippen molar-refractivity contribution in [2.45, 2.75) is 104 Å². The first kappa shape index (κ1) is 35.3. The molecule has 0 bridgehead atoms. The summed E-state index contributed by atoms with van der Waals surface area (Å²) in [7, 11) is 0. The topological polar surface area (TPSA) is 52.0 Å². The van der Waals surface area contributed by atoms with Crippen LogP contribution in [-0.2, 0) is 12.8 Å². The molecule has 0 aliphatic heterocycles. The number of fused-ring (bicyclic) bond motifs is 2. The van der Waals surface area contributed by atoms with Gasteiger partial charge >= 0.3 is 0 Å². The summed E-state index contributed by atoms with van der Waals surface area (Å²) in [6, 6.07) is 40.2. The molecule has 6 aromatic carbocycles. The molecule has 0 radical (unpaired) electrons. The third-order valence-corrected chi connectivity index (χ3v) is 10.5. The van der Waals surface area contributed by atoms with Crippen LogP contribution in [0.25, 0.3) is 54.9 Å². The number of nitrogens with two attached hydrogens (primary N) is 2. The van der Waals surface area contributed by atoms with E-state index in [-0.39, 0.29) is 0 Å². The Hall–Kier alpha value is -4.56. The van der Waals surface area contributed by atoms with Crippen molar-refractivity contribution in [3.8, 4) is 33.4 Å². The van der Waals surface area contributed by atoms with Crippen LogP contribution < -0.4 is 11.5 Å². The number of hydrogen-bond acceptors (Lipinski definition) is 2. The Kier molecular flexibility index (Phi) is 12.3. The molecule has 0 aliphatic carbocycles. The van der Waals surface area contributed by atoms with E-state index in [0.717, 1.165) is 24.2 Å². The Labute approximate surface area is 300 Å². The zero-order valence-corrected chi connectivity index (χ0v) is 30.4. The van der Waals surface area contributed by atoms with Gasteiger partial charge < -0.3 is 11.5 Å². The van der Waals surface area contributed by atoms with Gasteiger partial charge in [0.15, 0.2) is 0 Å². The van der Waals surface area contributed by atoms with Gasteiger partial charge in [0.1, 0.15) is 0 Å². The zero-order valence-electron chi connectivity index (χ0n) is 30.4. The lowest BCUT2D eigenvalue weighted by Gasteiger charge is -2.22. The van der Waals surface area contributed by atoms with Gasteiger partial charge in [0, 0.05) is 11.4 Å². The summed E-state index contributed by atoms with van der Waals surface area (Å²) in [5, 5.41) is 5.27. The Morgan fingerprint density at radius 1 is 0.380 bits per heavy atom. The highest BCUT2D eigenvalue weighted by atomic mass is 14.5. The zero-order chi connectivity index (χ0) is 34.7. The summed E-state index contributed by atoms with van der Waals surface area (Å²) in [6.45, 7) is 4.59. The van der Waals surface area contributed by atoms with Crippen molar-refractivity contribution < 1.29 is 0 Å². The SMILES string of the molecule is CCCCCCCCc1cc(-c2c(CCCCCCCC)cc(-c3ccc(N)cc3)c3ccccc23)c2ccccc2c1-c1ccc(N)cc1. The molecule has 2 nitrogen and oxygen atoms in total. The van der Waals surface area contributed by atoms with Crippen LogP contribution in [0, 0.1) is 0 Å². The van der Waals surface area contributed by atoms with E-state index >= 15 is 0 Å². The summed E-state index contributed by atoms with van der Waals surface area (Å²) in [5.41, 5.74) is 24.7. The standard InChI is InChI=1S/C48H56N2/c1-3-5-7-9-11-13-19-37-34-46(42-22-16-17-23-43(42)47(37)36-27-31-40(50)32-28-36)48-38(20-14-12-10-8-6-4-2)33-45(35-25-29-39(49)30-26-35)41-21-15-18-24-44(41)48/h15-18,21-34H,3-14,19-20,49-50H2,1-2H3. The first-order valence-electron chi connectivity index (χ1n) is 19.4. The highest BCUT2D eigenvalue weighted by Gasteiger charge is 2.20. The normalized spacial score (nSPS) is 11.5. The van der Waals surface area contributed by atoms with Crippen molar-refractivity contribution in [3.05, 3.63) is 120 Å². The molecular formula is C48H56N2. The molecule has 2 heteroatoms. The van der Waals surface area contributed by atoms with E-state index in [1.807, 2.05) is 12.1 Å². The Morgan fingerprint density at radius 2 is 0.780 bits per heavy atom. The van der Waals surface area contributed by atoms with E-state index in [1.54, 1.807) is 0 Å². The third-order valence-electron chi connectivity index (χ3n) is 10.5. The molecule has 0 saturated heterocycles.